The average Bonchev–Trinajstić information content (AvgIpc) is 2.26. The average molecular weight is 248 g/mol. The third-order valence-corrected chi connectivity index (χ3v) is 5.67. The van der Waals surface area contributed by atoms with Crippen LogP contribution in [0.15, 0.2) is 0 Å². The fourth-order valence-corrected chi connectivity index (χ4v) is 3.38. The molecule has 1 aliphatic rings. The van der Waals surface area contributed by atoms with Gasteiger partial charge in [0.25, 0.3) is 0 Å². The molecule has 4 unspecified atom stereocenters. The van der Waals surface area contributed by atoms with Gasteiger partial charge in [0.2, 0.25) is 0 Å². The second kappa shape index (κ2) is 5.50. The van der Waals surface area contributed by atoms with Gasteiger partial charge in [0, 0.05) is 6.26 Å². The van der Waals surface area contributed by atoms with Gasteiger partial charge in [0.15, 0.2) is 9.84 Å². The van der Waals surface area contributed by atoms with Gasteiger partial charge in [-0.2, -0.15) is 0 Å². The molecular formula is C12H24O3S. The molecule has 16 heavy (non-hydrogen) atoms. The van der Waals surface area contributed by atoms with E-state index in [-0.39, 0.29) is 5.92 Å². The summed E-state index contributed by atoms with van der Waals surface area (Å²) in [6, 6.07) is 0. The summed E-state index contributed by atoms with van der Waals surface area (Å²) in [7, 11) is -3.13. The van der Waals surface area contributed by atoms with E-state index in [1.54, 1.807) is 6.92 Å². The molecule has 4 atom stereocenters. The highest BCUT2D eigenvalue weighted by Crippen LogP contribution is 2.34. The summed E-state index contributed by atoms with van der Waals surface area (Å²) in [5.74, 6) is 0.837. The van der Waals surface area contributed by atoms with Gasteiger partial charge in [0.05, 0.1) is 11.4 Å². The van der Waals surface area contributed by atoms with Crippen LogP contribution in [0.2, 0.25) is 0 Å². The molecule has 1 saturated carbocycles. The first-order chi connectivity index (χ1) is 7.36. The van der Waals surface area contributed by atoms with Crippen LogP contribution in [0, 0.1) is 11.8 Å². The van der Waals surface area contributed by atoms with E-state index in [0.717, 1.165) is 25.7 Å². The minimum absolute atomic E-state index is 0.170. The Labute approximate surface area is 99.2 Å². The molecule has 0 spiro atoms. The minimum atomic E-state index is -3.13. The predicted octanol–water partition coefficient (Wildman–Crippen LogP) is 2.00. The van der Waals surface area contributed by atoms with Crippen LogP contribution < -0.4 is 0 Å². The molecule has 96 valence electrons. The van der Waals surface area contributed by atoms with Crippen LogP contribution in [0.5, 0.6) is 0 Å². The zero-order valence-electron chi connectivity index (χ0n) is 10.5. The Morgan fingerprint density at radius 1 is 1.38 bits per heavy atom. The molecule has 1 aliphatic carbocycles. The number of sulfone groups is 1. The van der Waals surface area contributed by atoms with Crippen LogP contribution in [0.25, 0.3) is 0 Å². The number of aliphatic hydroxyl groups excluding tert-OH is 1. The third kappa shape index (κ3) is 3.45. The van der Waals surface area contributed by atoms with Crippen molar-refractivity contribution in [1.29, 1.82) is 0 Å². The lowest BCUT2D eigenvalue weighted by molar-refractivity contribution is 0.0677. The lowest BCUT2D eigenvalue weighted by Crippen LogP contribution is -2.38. The number of hydrogen-bond donors (Lipinski definition) is 1. The molecule has 0 bridgehead atoms. The Kier molecular flexibility index (Phi) is 4.80. The highest BCUT2D eigenvalue weighted by molar-refractivity contribution is 7.91. The van der Waals surface area contributed by atoms with E-state index >= 15 is 0 Å². The second-order valence-electron chi connectivity index (χ2n) is 5.23. The first kappa shape index (κ1) is 14.0. The normalized spacial score (nSPS) is 31.0. The molecule has 1 rings (SSSR count). The summed E-state index contributed by atoms with van der Waals surface area (Å²) in [4.78, 5) is 0. The maximum atomic E-state index is 11.4. The van der Waals surface area contributed by atoms with Crippen LogP contribution >= 0.6 is 0 Å². The summed E-state index contributed by atoms with van der Waals surface area (Å²) in [5, 5.41) is 9.48. The van der Waals surface area contributed by atoms with Crippen LogP contribution in [-0.2, 0) is 9.84 Å². The molecule has 0 saturated heterocycles. The van der Waals surface area contributed by atoms with Gasteiger partial charge < -0.3 is 5.11 Å². The van der Waals surface area contributed by atoms with Gasteiger partial charge in [-0.1, -0.05) is 26.2 Å². The van der Waals surface area contributed by atoms with E-state index in [4.69, 9.17) is 0 Å². The Morgan fingerprint density at radius 2 is 2.00 bits per heavy atom. The van der Waals surface area contributed by atoms with Crippen molar-refractivity contribution in [1.82, 2.24) is 0 Å². The highest BCUT2D eigenvalue weighted by atomic mass is 32.2. The van der Waals surface area contributed by atoms with Crippen LogP contribution in [0.1, 0.15) is 46.0 Å². The third-order valence-electron chi connectivity index (χ3n) is 4.04. The summed E-state index contributed by atoms with van der Waals surface area (Å²) >= 11 is 0. The van der Waals surface area contributed by atoms with E-state index in [9.17, 15) is 13.5 Å². The van der Waals surface area contributed by atoms with E-state index in [2.05, 4.69) is 6.92 Å². The maximum Gasteiger partial charge on any atom is 0.152 e. The summed E-state index contributed by atoms with van der Waals surface area (Å²) in [5.41, 5.74) is 0. The number of hydrogen-bond acceptors (Lipinski definition) is 3. The Balaban J connectivity index is 2.63. The highest BCUT2D eigenvalue weighted by Gasteiger charge is 2.33. The molecule has 0 heterocycles. The van der Waals surface area contributed by atoms with E-state index in [0.29, 0.717) is 5.92 Å². The molecule has 0 aromatic heterocycles. The predicted molar refractivity (Wildman–Crippen MR) is 66.1 cm³/mol. The molecule has 3 nitrogen and oxygen atoms in total. The Bertz CT molecular complexity index is 310. The van der Waals surface area contributed by atoms with Crippen molar-refractivity contribution in [2.24, 2.45) is 11.8 Å². The first-order valence-corrected chi connectivity index (χ1v) is 8.18. The zero-order valence-corrected chi connectivity index (χ0v) is 11.3. The van der Waals surface area contributed by atoms with Gasteiger partial charge in [-0.15, -0.1) is 0 Å². The van der Waals surface area contributed by atoms with Gasteiger partial charge in [-0.05, 0) is 31.6 Å². The second-order valence-corrected chi connectivity index (χ2v) is 7.63. The molecule has 0 aromatic rings. The summed E-state index contributed by atoms with van der Waals surface area (Å²) in [6.07, 6.45) is 5.96. The van der Waals surface area contributed by atoms with Crippen LogP contribution in [-0.4, -0.2) is 31.1 Å². The number of rotatable bonds is 4. The monoisotopic (exact) mass is 248 g/mol. The smallest absolute Gasteiger partial charge is 0.152 e. The van der Waals surface area contributed by atoms with Gasteiger partial charge in [-0.3, -0.25) is 0 Å². The van der Waals surface area contributed by atoms with Crippen LogP contribution in [0.3, 0.4) is 0 Å². The van der Waals surface area contributed by atoms with Gasteiger partial charge in [-0.25, -0.2) is 8.42 Å². The largest absolute Gasteiger partial charge is 0.392 e. The van der Waals surface area contributed by atoms with Crippen molar-refractivity contribution in [2.45, 2.75) is 57.3 Å². The van der Waals surface area contributed by atoms with Crippen molar-refractivity contribution in [2.75, 3.05) is 6.26 Å². The Morgan fingerprint density at radius 3 is 2.50 bits per heavy atom. The van der Waals surface area contributed by atoms with Crippen LogP contribution in [0.4, 0.5) is 0 Å². The molecule has 0 aromatic carbocycles. The molecule has 0 radical (unpaired) electrons. The lowest BCUT2D eigenvalue weighted by atomic mass is 9.77. The molecule has 1 fully saturated rings. The van der Waals surface area contributed by atoms with Crippen molar-refractivity contribution in [3.63, 3.8) is 0 Å². The quantitative estimate of drug-likeness (QED) is 0.828. The van der Waals surface area contributed by atoms with E-state index in [1.165, 1.54) is 12.7 Å². The molecule has 1 N–H and O–H groups in total. The summed E-state index contributed by atoms with van der Waals surface area (Å²) in [6.45, 7) is 3.79. The van der Waals surface area contributed by atoms with Crippen molar-refractivity contribution < 1.29 is 13.5 Å². The topological polar surface area (TPSA) is 54.4 Å². The SMILES string of the molecule is CCC1CCCC(C(O)C(C)S(C)(=O)=O)C1. The minimum Gasteiger partial charge on any atom is -0.392 e. The van der Waals surface area contributed by atoms with Gasteiger partial charge >= 0.3 is 0 Å². The fraction of sp³-hybridized carbons (Fsp3) is 1.00. The lowest BCUT2D eigenvalue weighted by Gasteiger charge is -2.33. The fourth-order valence-electron chi connectivity index (χ4n) is 2.65. The molecule has 0 amide bonds. The van der Waals surface area contributed by atoms with E-state index in [1.807, 2.05) is 0 Å². The van der Waals surface area contributed by atoms with Crippen molar-refractivity contribution >= 4 is 9.84 Å². The van der Waals surface area contributed by atoms with Gasteiger partial charge in [0.1, 0.15) is 0 Å². The molecular weight excluding hydrogens is 224 g/mol. The summed E-state index contributed by atoms with van der Waals surface area (Å²) < 4.78 is 22.8. The van der Waals surface area contributed by atoms with Crippen molar-refractivity contribution in [3.8, 4) is 0 Å². The first-order valence-electron chi connectivity index (χ1n) is 6.23. The number of aliphatic hydroxyl groups is 1. The van der Waals surface area contributed by atoms with Crippen molar-refractivity contribution in [3.05, 3.63) is 0 Å². The Hall–Kier alpha value is -0.0900. The van der Waals surface area contributed by atoms with E-state index < -0.39 is 21.2 Å². The standard InChI is InChI=1S/C12H24O3S/c1-4-10-6-5-7-11(8-10)12(13)9(2)16(3,14)15/h9-13H,4-8H2,1-3H3. The molecule has 0 aliphatic heterocycles. The zero-order chi connectivity index (χ0) is 12.3. The molecule has 4 heteroatoms. The maximum absolute atomic E-state index is 11.4.